The molecule has 0 aliphatic carbocycles. The van der Waals surface area contributed by atoms with Crippen molar-refractivity contribution < 1.29 is 9.53 Å². The highest BCUT2D eigenvalue weighted by Crippen LogP contribution is 2.17. The van der Waals surface area contributed by atoms with Crippen LogP contribution in [0.5, 0.6) is 0 Å². The van der Waals surface area contributed by atoms with Crippen molar-refractivity contribution >= 4 is 5.78 Å². The van der Waals surface area contributed by atoms with Gasteiger partial charge in [0.1, 0.15) is 5.78 Å². The number of carbonyl (C=O) groups excluding carboxylic acids is 1. The molecule has 1 aliphatic heterocycles. The smallest absolute Gasteiger partial charge is 0.144 e. The monoisotopic (exact) mass is 247 g/mol. The van der Waals surface area contributed by atoms with Crippen LogP contribution in [0.25, 0.3) is 0 Å². The lowest BCUT2D eigenvalue weighted by atomic mass is 9.93. The van der Waals surface area contributed by atoms with Crippen molar-refractivity contribution in [2.45, 2.75) is 26.3 Å². The van der Waals surface area contributed by atoms with Gasteiger partial charge in [-0.25, -0.2) is 0 Å². The van der Waals surface area contributed by atoms with Crippen LogP contribution in [0.4, 0.5) is 0 Å². The Morgan fingerprint density at radius 2 is 2.28 bits per heavy atom. The molecule has 1 N–H and O–H groups in total. The van der Waals surface area contributed by atoms with Crippen LogP contribution in [0.3, 0.4) is 0 Å². The van der Waals surface area contributed by atoms with Crippen molar-refractivity contribution in [3.05, 3.63) is 35.4 Å². The number of likely N-dealkylation sites (N-methyl/N-ethyl adjacent to an activating group) is 1. The number of ketones is 1. The third-order valence-electron chi connectivity index (χ3n) is 3.42. The molecule has 2 atom stereocenters. The number of hydrogen-bond acceptors (Lipinski definition) is 3. The highest BCUT2D eigenvalue weighted by atomic mass is 16.5. The quantitative estimate of drug-likeness (QED) is 0.861. The third kappa shape index (κ3) is 3.18. The molecule has 98 valence electrons. The molecule has 2 unspecified atom stereocenters. The second-order valence-electron chi connectivity index (χ2n) is 4.94. The fourth-order valence-corrected chi connectivity index (χ4v) is 2.49. The minimum atomic E-state index is 0.00506. The van der Waals surface area contributed by atoms with Crippen molar-refractivity contribution in [1.82, 2.24) is 5.32 Å². The van der Waals surface area contributed by atoms with Crippen LogP contribution in [-0.4, -0.2) is 31.6 Å². The number of benzene rings is 1. The van der Waals surface area contributed by atoms with Crippen LogP contribution in [0.1, 0.15) is 18.1 Å². The predicted molar refractivity (Wildman–Crippen MR) is 71.7 cm³/mol. The van der Waals surface area contributed by atoms with Gasteiger partial charge in [0.05, 0.1) is 19.1 Å². The van der Waals surface area contributed by atoms with Gasteiger partial charge in [-0.2, -0.15) is 0 Å². The van der Waals surface area contributed by atoms with Gasteiger partial charge in [0, 0.05) is 12.5 Å². The fraction of sp³-hybridized carbons (Fsp3) is 0.533. The van der Waals surface area contributed by atoms with Crippen molar-refractivity contribution in [3.8, 4) is 0 Å². The lowest BCUT2D eigenvalue weighted by Gasteiger charge is -2.17. The minimum Gasteiger partial charge on any atom is -0.379 e. The van der Waals surface area contributed by atoms with E-state index in [0.29, 0.717) is 19.6 Å². The van der Waals surface area contributed by atoms with Gasteiger partial charge < -0.3 is 10.1 Å². The average molecular weight is 247 g/mol. The van der Waals surface area contributed by atoms with Crippen molar-refractivity contribution in [3.63, 3.8) is 0 Å². The highest BCUT2D eigenvalue weighted by Gasteiger charge is 2.32. The summed E-state index contributed by atoms with van der Waals surface area (Å²) < 4.78 is 5.42. The maximum atomic E-state index is 12.3. The zero-order valence-corrected chi connectivity index (χ0v) is 11.1. The predicted octanol–water partition coefficient (Wildman–Crippen LogP) is 1.73. The third-order valence-corrected chi connectivity index (χ3v) is 3.42. The van der Waals surface area contributed by atoms with Gasteiger partial charge in [-0.05, 0) is 19.0 Å². The molecule has 0 spiro atoms. The Balaban J connectivity index is 1.99. The molecule has 1 fully saturated rings. The van der Waals surface area contributed by atoms with E-state index in [1.165, 1.54) is 5.56 Å². The Hall–Kier alpha value is -1.19. The fourth-order valence-electron chi connectivity index (χ4n) is 2.49. The lowest BCUT2D eigenvalue weighted by molar-refractivity contribution is -0.122. The summed E-state index contributed by atoms with van der Waals surface area (Å²) >= 11 is 0. The molecule has 1 aromatic carbocycles. The van der Waals surface area contributed by atoms with Gasteiger partial charge in [0.2, 0.25) is 0 Å². The number of rotatable bonds is 5. The number of ether oxygens (including phenoxy) is 1. The first-order chi connectivity index (χ1) is 8.70. The molecule has 1 aliphatic rings. The zero-order chi connectivity index (χ0) is 13.0. The van der Waals surface area contributed by atoms with Gasteiger partial charge in [-0.15, -0.1) is 0 Å². The van der Waals surface area contributed by atoms with Gasteiger partial charge >= 0.3 is 0 Å². The largest absolute Gasteiger partial charge is 0.379 e. The van der Waals surface area contributed by atoms with Crippen LogP contribution in [0, 0.1) is 12.8 Å². The van der Waals surface area contributed by atoms with Gasteiger partial charge in [-0.1, -0.05) is 36.8 Å². The van der Waals surface area contributed by atoms with E-state index in [9.17, 15) is 4.79 Å². The number of nitrogens with one attached hydrogen (secondary N) is 1. The van der Waals surface area contributed by atoms with Gasteiger partial charge in [0.15, 0.2) is 0 Å². The molecule has 0 bridgehead atoms. The molecule has 1 aromatic rings. The van der Waals surface area contributed by atoms with E-state index in [2.05, 4.69) is 18.3 Å². The molecule has 0 amide bonds. The number of carbonyl (C=O) groups is 1. The van der Waals surface area contributed by atoms with Crippen molar-refractivity contribution in [1.29, 1.82) is 0 Å². The van der Waals surface area contributed by atoms with Gasteiger partial charge in [0.25, 0.3) is 0 Å². The van der Waals surface area contributed by atoms with Gasteiger partial charge in [-0.3, -0.25) is 4.79 Å². The number of hydrogen-bond donors (Lipinski definition) is 1. The summed E-state index contributed by atoms with van der Waals surface area (Å²) in [6.07, 6.45) is 0.512. The molecule has 3 heteroatoms. The Kier molecular flexibility index (Phi) is 4.50. The summed E-state index contributed by atoms with van der Waals surface area (Å²) in [5.74, 6) is 0.287. The summed E-state index contributed by atoms with van der Waals surface area (Å²) in [5.41, 5.74) is 2.30. The normalized spacial score (nSPS) is 23.2. The van der Waals surface area contributed by atoms with Crippen LogP contribution in [-0.2, 0) is 16.0 Å². The van der Waals surface area contributed by atoms with Crippen LogP contribution >= 0.6 is 0 Å². The molecule has 2 rings (SSSR count). The molecular formula is C15H21NO2. The Labute approximate surface area is 109 Å². The van der Waals surface area contributed by atoms with E-state index in [-0.39, 0.29) is 17.7 Å². The van der Waals surface area contributed by atoms with Crippen LogP contribution in [0.2, 0.25) is 0 Å². The molecule has 0 radical (unpaired) electrons. The lowest BCUT2D eigenvalue weighted by Crippen LogP contribution is -2.39. The number of aryl methyl sites for hydroxylation is 1. The molecule has 1 heterocycles. The van der Waals surface area contributed by atoms with E-state index in [0.717, 1.165) is 12.1 Å². The van der Waals surface area contributed by atoms with E-state index < -0.39 is 0 Å². The van der Waals surface area contributed by atoms with E-state index in [4.69, 9.17) is 4.74 Å². The van der Waals surface area contributed by atoms with Crippen LogP contribution in [0.15, 0.2) is 24.3 Å². The summed E-state index contributed by atoms with van der Waals surface area (Å²) in [5, 5.41) is 3.33. The molecule has 18 heavy (non-hydrogen) atoms. The van der Waals surface area contributed by atoms with Crippen molar-refractivity contribution in [2.75, 3.05) is 19.8 Å². The topological polar surface area (TPSA) is 38.3 Å². The first kappa shape index (κ1) is 13.2. The minimum absolute atomic E-state index is 0.00506. The first-order valence-corrected chi connectivity index (χ1v) is 6.60. The summed E-state index contributed by atoms with van der Waals surface area (Å²) in [7, 11) is 0. The first-order valence-electron chi connectivity index (χ1n) is 6.60. The summed E-state index contributed by atoms with van der Waals surface area (Å²) in [6.45, 7) is 6.19. The van der Waals surface area contributed by atoms with Crippen LogP contribution < -0.4 is 5.32 Å². The Bertz CT molecular complexity index is 417. The molecular weight excluding hydrogens is 226 g/mol. The number of Topliss-reactive ketones (excluding diaryl/α,β-unsaturated/α-hetero) is 1. The maximum Gasteiger partial charge on any atom is 0.144 e. The maximum absolute atomic E-state index is 12.3. The second kappa shape index (κ2) is 6.12. The second-order valence-corrected chi connectivity index (χ2v) is 4.94. The summed E-state index contributed by atoms with van der Waals surface area (Å²) in [4.78, 5) is 12.3. The Morgan fingerprint density at radius 3 is 3.00 bits per heavy atom. The zero-order valence-electron chi connectivity index (χ0n) is 11.1. The van der Waals surface area contributed by atoms with Crippen molar-refractivity contribution in [2.24, 2.45) is 5.92 Å². The summed E-state index contributed by atoms with van der Waals surface area (Å²) in [6, 6.07) is 8.34. The standard InChI is InChI=1S/C15H21NO2/c1-3-16-14-10-18-9-13(14)15(17)8-12-6-4-5-11(2)7-12/h4-7,13-14,16H,3,8-10H2,1-2H3. The van der Waals surface area contributed by atoms with E-state index in [1.807, 2.05) is 25.1 Å². The highest BCUT2D eigenvalue weighted by molar-refractivity contribution is 5.84. The molecule has 3 nitrogen and oxygen atoms in total. The SMILES string of the molecule is CCNC1COCC1C(=O)Cc1cccc(C)c1. The molecule has 0 saturated carbocycles. The molecule has 0 aromatic heterocycles. The average Bonchev–Trinajstić information content (AvgIpc) is 2.78. The van der Waals surface area contributed by atoms with E-state index in [1.54, 1.807) is 0 Å². The Morgan fingerprint density at radius 1 is 1.44 bits per heavy atom. The van der Waals surface area contributed by atoms with E-state index >= 15 is 0 Å². The molecule has 1 saturated heterocycles.